The van der Waals surface area contributed by atoms with Gasteiger partial charge in [-0.2, -0.15) is 0 Å². The number of hydrogen-bond acceptors (Lipinski definition) is 2. The van der Waals surface area contributed by atoms with Crippen molar-refractivity contribution in [2.75, 3.05) is 6.61 Å². The SMILES string of the molecule is CC(C)(C)C(=O)NC1(CO)CCCC1. The summed E-state index contributed by atoms with van der Waals surface area (Å²) in [5, 5.41) is 12.3. The highest BCUT2D eigenvalue weighted by atomic mass is 16.3. The predicted octanol–water partition coefficient (Wildman–Crippen LogP) is 1.45. The van der Waals surface area contributed by atoms with Gasteiger partial charge in [-0.3, -0.25) is 4.79 Å². The number of carbonyl (C=O) groups is 1. The molecule has 3 nitrogen and oxygen atoms in total. The van der Waals surface area contributed by atoms with Crippen molar-refractivity contribution in [1.82, 2.24) is 5.32 Å². The van der Waals surface area contributed by atoms with Crippen molar-refractivity contribution in [1.29, 1.82) is 0 Å². The lowest BCUT2D eigenvalue weighted by Crippen LogP contribution is -2.52. The van der Waals surface area contributed by atoms with E-state index >= 15 is 0 Å². The van der Waals surface area contributed by atoms with Crippen LogP contribution in [0, 0.1) is 5.41 Å². The zero-order valence-electron chi connectivity index (χ0n) is 9.39. The first-order valence-electron chi connectivity index (χ1n) is 5.33. The van der Waals surface area contributed by atoms with Crippen molar-refractivity contribution >= 4 is 5.91 Å². The van der Waals surface area contributed by atoms with Gasteiger partial charge >= 0.3 is 0 Å². The van der Waals surface area contributed by atoms with Gasteiger partial charge in [0.1, 0.15) is 0 Å². The summed E-state index contributed by atoms with van der Waals surface area (Å²) >= 11 is 0. The fourth-order valence-electron chi connectivity index (χ4n) is 1.80. The Balaban J connectivity index is 2.61. The molecule has 14 heavy (non-hydrogen) atoms. The number of hydrogen-bond donors (Lipinski definition) is 2. The molecule has 2 N–H and O–H groups in total. The van der Waals surface area contributed by atoms with Gasteiger partial charge in [-0.15, -0.1) is 0 Å². The highest BCUT2D eigenvalue weighted by Gasteiger charge is 2.37. The minimum absolute atomic E-state index is 0.0356. The van der Waals surface area contributed by atoms with E-state index in [-0.39, 0.29) is 23.5 Å². The summed E-state index contributed by atoms with van der Waals surface area (Å²) in [6.07, 6.45) is 4.02. The van der Waals surface area contributed by atoms with Crippen LogP contribution >= 0.6 is 0 Å². The zero-order valence-corrected chi connectivity index (χ0v) is 9.39. The summed E-state index contributed by atoms with van der Waals surface area (Å²) in [6, 6.07) is 0. The quantitative estimate of drug-likeness (QED) is 0.707. The van der Waals surface area contributed by atoms with Gasteiger partial charge in [-0.25, -0.2) is 0 Å². The number of rotatable bonds is 2. The Morgan fingerprint density at radius 3 is 2.21 bits per heavy atom. The fraction of sp³-hybridized carbons (Fsp3) is 0.909. The molecule has 0 radical (unpaired) electrons. The molecule has 3 heteroatoms. The van der Waals surface area contributed by atoms with Gasteiger partial charge < -0.3 is 10.4 Å². The van der Waals surface area contributed by atoms with Crippen LogP contribution in [0.5, 0.6) is 0 Å². The molecule has 1 aliphatic carbocycles. The van der Waals surface area contributed by atoms with Crippen LogP contribution in [0.1, 0.15) is 46.5 Å². The molecule has 1 amide bonds. The van der Waals surface area contributed by atoms with Crippen LogP contribution < -0.4 is 5.32 Å². The van der Waals surface area contributed by atoms with Crippen LogP contribution in [0.2, 0.25) is 0 Å². The summed E-state index contributed by atoms with van der Waals surface area (Å²) in [5.41, 5.74) is -0.699. The zero-order chi connectivity index (χ0) is 10.8. The van der Waals surface area contributed by atoms with E-state index in [1.807, 2.05) is 20.8 Å². The highest BCUT2D eigenvalue weighted by Crippen LogP contribution is 2.30. The molecule has 1 saturated carbocycles. The number of amides is 1. The Morgan fingerprint density at radius 1 is 1.36 bits per heavy atom. The Kier molecular flexibility index (Phi) is 3.20. The van der Waals surface area contributed by atoms with Gasteiger partial charge in [-0.05, 0) is 12.8 Å². The Hall–Kier alpha value is -0.570. The highest BCUT2D eigenvalue weighted by molar-refractivity contribution is 5.82. The van der Waals surface area contributed by atoms with Crippen LogP contribution in [-0.4, -0.2) is 23.2 Å². The lowest BCUT2D eigenvalue weighted by molar-refractivity contribution is -0.131. The minimum atomic E-state index is -0.370. The predicted molar refractivity (Wildman–Crippen MR) is 55.9 cm³/mol. The van der Waals surface area contributed by atoms with Crippen LogP contribution in [0.4, 0.5) is 0 Å². The maximum atomic E-state index is 11.8. The molecule has 0 bridgehead atoms. The summed E-state index contributed by atoms with van der Waals surface area (Å²) in [4.78, 5) is 11.8. The third kappa shape index (κ3) is 2.47. The van der Waals surface area contributed by atoms with E-state index in [2.05, 4.69) is 5.32 Å². The first kappa shape index (κ1) is 11.5. The Morgan fingerprint density at radius 2 is 1.86 bits per heavy atom. The van der Waals surface area contributed by atoms with Gasteiger partial charge in [0.2, 0.25) is 5.91 Å². The van der Waals surface area contributed by atoms with Gasteiger partial charge in [0, 0.05) is 5.41 Å². The number of nitrogens with one attached hydrogen (secondary N) is 1. The molecule has 0 aromatic rings. The van der Waals surface area contributed by atoms with Gasteiger partial charge in [0.05, 0.1) is 12.1 Å². The smallest absolute Gasteiger partial charge is 0.225 e. The molecule has 0 aromatic carbocycles. The summed E-state index contributed by atoms with van der Waals surface area (Å²) in [5.74, 6) is 0.0356. The first-order valence-corrected chi connectivity index (χ1v) is 5.33. The molecule has 0 heterocycles. The molecule has 82 valence electrons. The third-order valence-corrected chi connectivity index (χ3v) is 2.92. The summed E-state index contributed by atoms with van der Waals surface area (Å²) in [7, 11) is 0. The van der Waals surface area contributed by atoms with E-state index in [1.54, 1.807) is 0 Å². The molecule has 1 aliphatic rings. The lowest BCUT2D eigenvalue weighted by atomic mass is 9.91. The second kappa shape index (κ2) is 3.89. The number of aliphatic hydroxyl groups is 1. The van der Waals surface area contributed by atoms with Crippen LogP contribution in [0.15, 0.2) is 0 Å². The van der Waals surface area contributed by atoms with Crippen molar-refractivity contribution in [2.24, 2.45) is 5.41 Å². The lowest BCUT2D eigenvalue weighted by Gasteiger charge is -2.31. The molecule has 0 unspecified atom stereocenters. The van der Waals surface area contributed by atoms with Crippen LogP contribution in [-0.2, 0) is 4.79 Å². The fourth-order valence-corrected chi connectivity index (χ4v) is 1.80. The molecule has 0 atom stereocenters. The molecule has 1 rings (SSSR count). The second-order valence-electron chi connectivity index (χ2n) is 5.35. The molecular weight excluding hydrogens is 178 g/mol. The van der Waals surface area contributed by atoms with E-state index in [4.69, 9.17) is 0 Å². The number of aliphatic hydroxyl groups excluding tert-OH is 1. The third-order valence-electron chi connectivity index (χ3n) is 2.92. The second-order valence-corrected chi connectivity index (χ2v) is 5.35. The average molecular weight is 199 g/mol. The van der Waals surface area contributed by atoms with Crippen LogP contribution in [0.3, 0.4) is 0 Å². The topological polar surface area (TPSA) is 49.3 Å². The molecule has 1 fully saturated rings. The van der Waals surface area contributed by atoms with Crippen molar-refractivity contribution in [3.05, 3.63) is 0 Å². The van der Waals surface area contributed by atoms with E-state index in [0.29, 0.717) is 0 Å². The monoisotopic (exact) mass is 199 g/mol. The Labute approximate surface area is 85.9 Å². The molecular formula is C11H21NO2. The van der Waals surface area contributed by atoms with E-state index < -0.39 is 0 Å². The van der Waals surface area contributed by atoms with Crippen molar-refractivity contribution in [2.45, 2.75) is 52.0 Å². The normalized spacial score (nSPS) is 20.9. The van der Waals surface area contributed by atoms with E-state index in [9.17, 15) is 9.90 Å². The summed E-state index contributed by atoms with van der Waals surface area (Å²) in [6.45, 7) is 5.74. The van der Waals surface area contributed by atoms with Crippen molar-refractivity contribution in [3.63, 3.8) is 0 Å². The van der Waals surface area contributed by atoms with Crippen molar-refractivity contribution < 1.29 is 9.90 Å². The molecule has 0 aliphatic heterocycles. The molecule has 0 spiro atoms. The van der Waals surface area contributed by atoms with Gasteiger partial charge in [0.15, 0.2) is 0 Å². The standard InChI is InChI=1S/C11H21NO2/c1-10(2,3)9(14)12-11(8-13)6-4-5-7-11/h13H,4-8H2,1-3H3,(H,12,14). The number of carbonyl (C=O) groups excluding carboxylic acids is 1. The average Bonchev–Trinajstić information content (AvgIpc) is 2.52. The molecule has 0 aromatic heterocycles. The summed E-state index contributed by atoms with van der Waals surface area (Å²) < 4.78 is 0. The largest absolute Gasteiger partial charge is 0.394 e. The first-order chi connectivity index (χ1) is 6.40. The van der Waals surface area contributed by atoms with E-state index in [1.165, 1.54) is 0 Å². The maximum absolute atomic E-state index is 11.8. The Bertz CT molecular complexity index is 212. The van der Waals surface area contributed by atoms with Crippen LogP contribution in [0.25, 0.3) is 0 Å². The van der Waals surface area contributed by atoms with Gasteiger partial charge in [-0.1, -0.05) is 33.6 Å². The minimum Gasteiger partial charge on any atom is -0.394 e. The van der Waals surface area contributed by atoms with Gasteiger partial charge in [0.25, 0.3) is 0 Å². The van der Waals surface area contributed by atoms with Crippen molar-refractivity contribution in [3.8, 4) is 0 Å². The maximum Gasteiger partial charge on any atom is 0.225 e. The van der Waals surface area contributed by atoms with E-state index in [0.717, 1.165) is 25.7 Å². The molecule has 0 saturated heterocycles.